The molecule has 9 heteroatoms. The number of nitrogens with one attached hydrogen (secondary N) is 2. The van der Waals surface area contributed by atoms with E-state index in [0.29, 0.717) is 13.0 Å². The van der Waals surface area contributed by atoms with Crippen LogP contribution in [0.2, 0.25) is 0 Å². The predicted molar refractivity (Wildman–Crippen MR) is 107 cm³/mol. The second kappa shape index (κ2) is 8.73. The molecule has 6 nitrogen and oxygen atoms in total. The lowest BCUT2D eigenvalue weighted by molar-refractivity contribution is -0.137. The standard InChI is InChI=1S/C21H23F3N4O2/c1-13-5-6-15(12-14(13)2)28-11-7-16(20(28)30)19(29)27-10-9-26-18-17(21(22,23)24)4-3-8-25-18/h3-6,8,12,16H,7,9-11H2,1-2H3,(H,25,26)(H,27,29). The fourth-order valence-corrected chi connectivity index (χ4v) is 3.34. The second-order valence-corrected chi connectivity index (χ2v) is 7.21. The maximum atomic E-state index is 13.0. The number of nitrogens with zero attached hydrogens (tertiary/aromatic N) is 2. The molecule has 1 aromatic heterocycles. The van der Waals surface area contributed by atoms with Crippen LogP contribution in [0.5, 0.6) is 0 Å². The quantitative estimate of drug-likeness (QED) is 0.556. The Bertz CT molecular complexity index is 946. The molecule has 1 aromatic carbocycles. The van der Waals surface area contributed by atoms with Crippen LogP contribution in [0, 0.1) is 19.8 Å². The summed E-state index contributed by atoms with van der Waals surface area (Å²) in [7, 11) is 0. The fourth-order valence-electron chi connectivity index (χ4n) is 3.34. The lowest BCUT2D eigenvalue weighted by Gasteiger charge is -2.18. The molecule has 1 unspecified atom stereocenters. The molecule has 0 spiro atoms. The van der Waals surface area contributed by atoms with Gasteiger partial charge in [0.05, 0.1) is 5.56 Å². The molecule has 0 bridgehead atoms. The summed E-state index contributed by atoms with van der Waals surface area (Å²) in [5.41, 5.74) is 2.07. The molecule has 0 radical (unpaired) electrons. The van der Waals surface area contributed by atoms with E-state index in [4.69, 9.17) is 0 Å². The largest absolute Gasteiger partial charge is 0.419 e. The summed E-state index contributed by atoms with van der Waals surface area (Å²) in [6.07, 6.45) is -2.87. The van der Waals surface area contributed by atoms with Gasteiger partial charge < -0.3 is 15.5 Å². The highest BCUT2D eigenvalue weighted by molar-refractivity contribution is 6.09. The van der Waals surface area contributed by atoms with Crippen molar-refractivity contribution in [3.05, 3.63) is 53.2 Å². The van der Waals surface area contributed by atoms with Crippen molar-refractivity contribution in [2.45, 2.75) is 26.4 Å². The Balaban J connectivity index is 1.53. The number of pyridine rings is 1. The van der Waals surface area contributed by atoms with Gasteiger partial charge in [0.15, 0.2) is 0 Å². The van der Waals surface area contributed by atoms with Crippen molar-refractivity contribution >= 4 is 23.3 Å². The number of aromatic nitrogens is 1. The van der Waals surface area contributed by atoms with Crippen molar-refractivity contribution in [2.75, 3.05) is 29.9 Å². The number of carbonyl (C=O) groups excluding carboxylic acids is 2. The van der Waals surface area contributed by atoms with Crippen LogP contribution in [-0.2, 0) is 15.8 Å². The number of benzene rings is 1. The molecule has 2 aromatic rings. The first kappa shape index (κ1) is 21.6. The molecule has 2 amide bonds. The van der Waals surface area contributed by atoms with E-state index in [1.54, 1.807) is 4.90 Å². The summed E-state index contributed by atoms with van der Waals surface area (Å²) in [5.74, 6) is -1.79. The smallest absolute Gasteiger partial charge is 0.368 e. The Morgan fingerprint density at radius 3 is 2.67 bits per heavy atom. The van der Waals surface area contributed by atoms with Crippen LogP contribution >= 0.6 is 0 Å². The van der Waals surface area contributed by atoms with Crippen LogP contribution in [0.15, 0.2) is 36.5 Å². The minimum absolute atomic E-state index is 0.0492. The van der Waals surface area contributed by atoms with Gasteiger partial charge in [-0.25, -0.2) is 4.98 Å². The van der Waals surface area contributed by atoms with Gasteiger partial charge in [0.2, 0.25) is 11.8 Å². The monoisotopic (exact) mass is 420 g/mol. The Kier molecular flexibility index (Phi) is 6.28. The number of aryl methyl sites for hydroxylation is 2. The van der Waals surface area contributed by atoms with Gasteiger partial charge in [0.25, 0.3) is 0 Å². The third-order valence-electron chi connectivity index (χ3n) is 5.15. The van der Waals surface area contributed by atoms with E-state index in [-0.39, 0.29) is 24.8 Å². The van der Waals surface area contributed by atoms with Crippen LogP contribution in [0.3, 0.4) is 0 Å². The van der Waals surface area contributed by atoms with Gasteiger partial charge in [-0.3, -0.25) is 9.59 Å². The SMILES string of the molecule is Cc1ccc(N2CCC(C(=O)NCCNc3ncccc3C(F)(F)F)C2=O)cc1C. The van der Waals surface area contributed by atoms with Crippen LogP contribution in [-0.4, -0.2) is 36.4 Å². The minimum Gasteiger partial charge on any atom is -0.368 e. The van der Waals surface area contributed by atoms with Gasteiger partial charge in [-0.05, 0) is 55.7 Å². The average Bonchev–Trinajstić information content (AvgIpc) is 3.08. The van der Waals surface area contributed by atoms with E-state index < -0.39 is 23.6 Å². The van der Waals surface area contributed by atoms with Crippen LogP contribution in [0.4, 0.5) is 24.7 Å². The van der Waals surface area contributed by atoms with Crippen molar-refractivity contribution in [3.63, 3.8) is 0 Å². The molecule has 1 aliphatic rings. The van der Waals surface area contributed by atoms with Crippen LogP contribution in [0.1, 0.15) is 23.1 Å². The number of amides is 2. The maximum Gasteiger partial charge on any atom is 0.419 e. The van der Waals surface area contributed by atoms with E-state index >= 15 is 0 Å². The molecule has 0 saturated carbocycles. The average molecular weight is 420 g/mol. The van der Waals surface area contributed by atoms with Gasteiger partial charge in [-0.1, -0.05) is 6.07 Å². The van der Waals surface area contributed by atoms with Gasteiger partial charge in [0, 0.05) is 31.5 Å². The van der Waals surface area contributed by atoms with Gasteiger partial charge in [-0.2, -0.15) is 13.2 Å². The predicted octanol–water partition coefficient (Wildman–Crippen LogP) is 3.30. The number of hydrogen-bond donors (Lipinski definition) is 2. The topological polar surface area (TPSA) is 74.3 Å². The zero-order chi connectivity index (χ0) is 21.9. The molecular formula is C21H23F3N4O2. The number of hydrogen-bond acceptors (Lipinski definition) is 4. The van der Waals surface area contributed by atoms with E-state index in [2.05, 4.69) is 15.6 Å². The van der Waals surface area contributed by atoms with Gasteiger partial charge in [-0.15, -0.1) is 0 Å². The maximum absolute atomic E-state index is 13.0. The molecule has 30 heavy (non-hydrogen) atoms. The zero-order valence-electron chi connectivity index (χ0n) is 16.7. The summed E-state index contributed by atoms with van der Waals surface area (Å²) in [6.45, 7) is 4.51. The summed E-state index contributed by atoms with van der Waals surface area (Å²) in [4.78, 5) is 30.4. The van der Waals surface area contributed by atoms with Crippen molar-refractivity contribution in [2.24, 2.45) is 5.92 Å². The molecule has 1 saturated heterocycles. The first-order valence-corrected chi connectivity index (χ1v) is 9.61. The van der Waals surface area contributed by atoms with Crippen molar-refractivity contribution in [1.29, 1.82) is 0 Å². The van der Waals surface area contributed by atoms with Gasteiger partial charge in [0.1, 0.15) is 11.7 Å². The minimum atomic E-state index is -4.52. The summed E-state index contributed by atoms with van der Waals surface area (Å²) >= 11 is 0. The molecule has 2 heterocycles. The third-order valence-corrected chi connectivity index (χ3v) is 5.15. The van der Waals surface area contributed by atoms with Crippen molar-refractivity contribution < 1.29 is 22.8 Å². The van der Waals surface area contributed by atoms with E-state index in [1.807, 2.05) is 32.0 Å². The molecule has 2 N–H and O–H groups in total. The first-order chi connectivity index (χ1) is 14.2. The fraction of sp³-hybridized carbons (Fsp3) is 0.381. The number of anilines is 2. The molecular weight excluding hydrogens is 397 g/mol. The lowest BCUT2D eigenvalue weighted by Crippen LogP contribution is -2.38. The molecule has 1 atom stereocenters. The Hall–Kier alpha value is -3.10. The Labute approximate surface area is 172 Å². The Morgan fingerprint density at radius 2 is 1.97 bits per heavy atom. The van der Waals surface area contributed by atoms with Crippen LogP contribution in [0.25, 0.3) is 0 Å². The highest BCUT2D eigenvalue weighted by Gasteiger charge is 2.37. The number of carbonyl (C=O) groups is 2. The summed E-state index contributed by atoms with van der Waals surface area (Å²) < 4.78 is 38.9. The van der Waals surface area contributed by atoms with Gasteiger partial charge >= 0.3 is 6.18 Å². The summed E-state index contributed by atoms with van der Waals surface area (Å²) in [5, 5.41) is 5.20. The third kappa shape index (κ3) is 4.72. The first-order valence-electron chi connectivity index (χ1n) is 9.61. The van der Waals surface area contributed by atoms with E-state index in [9.17, 15) is 22.8 Å². The molecule has 3 rings (SSSR count). The van der Waals surface area contributed by atoms with Crippen molar-refractivity contribution in [3.8, 4) is 0 Å². The zero-order valence-corrected chi connectivity index (χ0v) is 16.7. The highest BCUT2D eigenvalue weighted by atomic mass is 19.4. The Morgan fingerprint density at radius 1 is 1.20 bits per heavy atom. The van der Waals surface area contributed by atoms with E-state index in [0.717, 1.165) is 22.9 Å². The molecule has 160 valence electrons. The lowest BCUT2D eigenvalue weighted by atomic mass is 10.1. The van der Waals surface area contributed by atoms with Crippen LogP contribution < -0.4 is 15.5 Å². The van der Waals surface area contributed by atoms with Crippen molar-refractivity contribution in [1.82, 2.24) is 10.3 Å². The normalized spacial score (nSPS) is 16.6. The summed E-state index contributed by atoms with van der Waals surface area (Å²) in [6, 6.07) is 7.86. The number of rotatable bonds is 6. The molecule has 0 aliphatic carbocycles. The number of alkyl halides is 3. The number of halogens is 3. The molecule has 1 fully saturated rings. The second-order valence-electron chi connectivity index (χ2n) is 7.21. The van der Waals surface area contributed by atoms with E-state index in [1.165, 1.54) is 12.3 Å². The highest BCUT2D eigenvalue weighted by Crippen LogP contribution is 2.33. The molecule has 1 aliphatic heterocycles.